The molecule has 2 saturated heterocycles. The molecule has 0 aromatic heterocycles. The van der Waals surface area contributed by atoms with Gasteiger partial charge in [0.2, 0.25) is 8.77 Å². The van der Waals surface area contributed by atoms with E-state index in [0.717, 1.165) is 0 Å². The van der Waals surface area contributed by atoms with Crippen LogP contribution in [0.15, 0.2) is 0 Å². The summed E-state index contributed by atoms with van der Waals surface area (Å²) >= 11 is 13.3. The van der Waals surface area contributed by atoms with Gasteiger partial charge in [-0.15, -0.1) is 0 Å². The molecule has 4 atom stereocenters. The fourth-order valence-electron chi connectivity index (χ4n) is 2.78. The highest BCUT2D eigenvalue weighted by molar-refractivity contribution is 8.22. The number of ether oxygens (including phenoxy) is 6. The minimum atomic E-state index is -0.704. The van der Waals surface area contributed by atoms with E-state index in [4.69, 9.17) is 52.9 Å². The molecule has 0 bridgehead atoms. The topological polar surface area (TPSA) is 55.4 Å². The van der Waals surface area contributed by atoms with Crippen molar-refractivity contribution in [2.75, 3.05) is 25.7 Å². The Morgan fingerprint density at radius 2 is 1.19 bits per heavy atom. The van der Waals surface area contributed by atoms with Gasteiger partial charge >= 0.3 is 0 Å². The molecule has 2 aliphatic heterocycles. The van der Waals surface area contributed by atoms with Crippen LogP contribution in [-0.2, 0) is 28.4 Å². The van der Waals surface area contributed by atoms with Crippen LogP contribution in [0.25, 0.3) is 0 Å². The molecule has 2 fully saturated rings. The highest BCUT2D eigenvalue weighted by Crippen LogP contribution is 2.33. The van der Waals surface area contributed by atoms with Crippen molar-refractivity contribution in [3.63, 3.8) is 0 Å². The summed E-state index contributed by atoms with van der Waals surface area (Å²) in [6.07, 6.45) is 1.86. The lowest BCUT2D eigenvalue weighted by atomic mass is 10.0. The first kappa shape index (κ1) is 22.6. The predicted molar refractivity (Wildman–Crippen MR) is 112 cm³/mol. The van der Waals surface area contributed by atoms with Gasteiger partial charge in [-0.2, -0.15) is 0 Å². The van der Waals surface area contributed by atoms with Crippen molar-refractivity contribution in [1.29, 1.82) is 0 Å². The Bertz CT molecular complexity index is 481. The van der Waals surface area contributed by atoms with E-state index >= 15 is 0 Å². The van der Waals surface area contributed by atoms with Gasteiger partial charge in [-0.25, -0.2) is 0 Å². The summed E-state index contributed by atoms with van der Waals surface area (Å²) in [5, 5.41) is 0. The molecule has 0 N–H and O–H groups in total. The van der Waals surface area contributed by atoms with Gasteiger partial charge in [-0.05, 0) is 64.6 Å². The first-order valence-electron chi connectivity index (χ1n) is 8.19. The zero-order valence-electron chi connectivity index (χ0n) is 15.8. The van der Waals surface area contributed by atoms with E-state index in [1.165, 1.54) is 23.5 Å². The molecule has 2 rings (SSSR count). The predicted octanol–water partition coefficient (Wildman–Crippen LogP) is 3.36. The second-order valence-corrected chi connectivity index (χ2v) is 9.62. The van der Waals surface area contributed by atoms with Crippen molar-refractivity contribution >= 4 is 56.7 Å². The Labute approximate surface area is 174 Å². The van der Waals surface area contributed by atoms with Crippen molar-refractivity contribution in [1.82, 2.24) is 0 Å². The van der Waals surface area contributed by atoms with Gasteiger partial charge in [-0.3, -0.25) is 0 Å². The van der Waals surface area contributed by atoms with Gasteiger partial charge in [0.1, 0.15) is 12.2 Å². The molecule has 10 heteroatoms. The highest BCUT2D eigenvalue weighted by Gasteiger charge is 2.49. The number of hydrogen-bond donors (Lipinski definition) is 0. The van der Waals surface area contributed by atoms with Crippen molar-refractivity contribution in [3.8, 4) is 0 Å². The van der Waals surface area contributed by atoms with Gasteiger partial charge in [-0.1, -0.05) is 23.5 Å². The molecule has 6 nitrogen and oxygen atoms in total. The number of thioether (sulfide) groups is 2. The van der Waals surface area contributed by atoms with Gasteiger partial charge in [0.25, 0.3) is 0 Å². The molecule has 150 valence electrons. The summed E-state index contributed by atoms with van der Waals surface area (Å²) in [6.45, 7) is 8.15. The molecule has 0 saturated carbocycles. The summed E-state index contributed by atoms with van der Waals surface area (Å²) < 4.78 is 36.3. The zero-order valence-corrected chi connectivity index (χ0v) is 19.1. The van der Waals surface area contributed by atoms with Crippen LogP contribution in [0.1, 0.15) is 27.7 Å². The van der Waals surface area contributed by atoms with Gasteiger partial charge < -0.3 is 28.4 Å². The van der Waals surface area contributed by atoms with Gasteiger partial charge in [0, 0.05) is 0 Å². The van der Waals surface area contributed by atoms with E-state index in [2.05, 4.69) is 0 Å². The fraction of sp³-hybridized carbons (Fsp3) is 0.875. The van der Waals surface area contributed by atoms with E-state index in [9.17, 15) is 0 Å². The quantitative estimate of drug-likeness (QED) is 0.592. The van der Waals surface area contributed by atoms with Crippen LogP contribution in [0, 0.1) is 0 Å². The molecule has 0 aromatic carbocycles. The lowest BCUT2D eigenvalue weighted by molar-refractivity contribution is -0.177. The molecule has 26 heavy (non-hydrogen) atoms. The van der Waals surface area contributed by atoms with Crippen molar-refractivity contribution in [2.45, 2.75) is 63.7 Å². The van der Waals surface area contributed by atoms with Gasteiger partial charge in [0.05, 0.1) is 13.2 Å². The molecular weight excluding hydrogens is 416 g/mol. The molecule has 2 heterocycles. The smallest absolute Gasteiger partial charge is 0.220 e. The second-order valence-electron chi connectivity index (χ2n) is 6.81. The summed E-state index contributed by atoms with van der Waals surface area (Å²) in [7, 11) is 0. The molecule has 0 aromatic rings. The summed E-state index contributed by atoms with van der Waals surface area (Å²) in [4.78, 5) is 0. The highest BCUT2D eigenvalue weighted by atomic mass is 32.2. The third-order valence-electron chi connectivity index (χ3n) is 3.92. The third-order valence-corrected chi connectivity index (χ3v) is 5.97. The van der Waals surface area contributed by atoms with Crippen LogP contribution in [0.4, 0.5) is 0 Å². The number of rotatable bonds is 5. The monoisotopic (exact) mass is 442 g/mol. The average Bonchev–Trinajstić information content (AvgIpc) is 3.11. The van der Waals surface area contributed by atoms with E-state index in [-0.39, 0.29) is 12.2 Å². The van der Waals surface area contributed by atoms with Crippen LogP contribution in [-0.4, -0.2) is 70.5 Å². The lowest BCUT2D eigenvalue weighted by Crippen LogP contribution is -2.51. The third kappa shape index (κ3) is 6.16. The number of thiocarbonyl (C=S) groups is 2. The van der Waals surface area contributed by atoms with E-state index in [1.807, 2.05) is 40.2 Å². The first-order valence-corrected chi connectivity index (χ1v) is 11.5. The summed E-state index contributed by atoms with van der Waals surface area (Å²) in [5.74, 6) is -1.41. The Balaban J connectivity index is 2.27. The average molecular weight is 443 g/mol. The maximum absolute atomic E-state index is 6.02. The van der Waals surface area contributed by atoms with Crippen LogP contribution in [0.5, 0.6) is 0 Å². The molecule has 0 aliphatic carbocycles. The van der Waals surface area contributed by atoms with Gasteiger partial charge in [0.15, 0.2) is 23.8 Å². The molecule has 0 spiro atoms. The van der Waals surface area contributed by atoms with Crippen molar-refractivity contribution in [2.24, 2.45) is 0 Å². The Kier molecular flexibility index (Phi) is 8.01. The van der Waals surface area contributed by atoms with E-state index < -0.39 is 23.8 Å². The van der Waals surface area contributed by atoms with Crippen LogP contribution in [0.2, 0.25) is 0 Å². The fourth-order valence-corrected chi connectivity index (χ4v) is 3.42. The van der Waals surface area contributed by atoms with Crippen molar-refractivity contribution < 1.29 is 28.4 Å². The SMILES string of the molecule is CSC(=S)O[C@@H]([C@H](OC(=S)SC)[C@H]1COC(C)(C)O1)[C@@H]1COC(C)(C)O1. The zero-order chi connectivity index (χ0) is 19.5. The standard InChI is InChI=1S/C16H26O6S4/c1-15(2)17-7-9(21-15)11(19-13(23)25-5)12(20-14(24)26-6)10-8-18-16(3,4)22-10/h9-12H,7-8H2,1-6H3/t9-,10+,11-,12-/m1/s1. The molecule has 0 amide bonds. The second kappa shape index (κ2) is 9.21. The summed E-state index contributed by atoms with van der Waals surface area (Å²) in [6, 6.07) is 0. The number of hydrogen-bond acceptors (Lipinski definition) is 10. The Morgan fingerprint density at radius 3 is 1.42 bits per heavy atom. The molecule has 2 aliphatic rings. The lowest BCUT2D eigenvalue weighted by Gasteiger charge is -2.34. The van der Waals surface area contributed by atoms with Crippen LogP contribution in [0.3, 0.4) is 0 Å². The molecule has 0 unspecified atom stereocenters. The minimum Gasteiger partial charge on any atom is -0.468 e. The van der Waals surface area contributed by atoms with E-state index in [0.29, 0.717) is 22.0 Å². The minimum absolute atomic E-state index is 0.359. The normalized spacial score (nSPS) is 29.2. The first-order chi connectivity index (χ1) is 12.1. The largest absolute Gasteiger partial charge is 0.468 e. The van der Waals surface area contributed by atoms with Crippen LogP contribution >= 0.6 is 48.0 Å². The van der Waals surface area contributed by atoms with Crippen LogP contribution < -0.4 is 0 Å². The molecular formula is C16H26O6S4. The molecule has 0 radical (unpaired) electrons. The van der Waals surface area contributed by atoms with Crippen molar-refractivity contribution in [3.05, 3.63) is 0 Å². The Hall–Kier alpha value is 0.320. The van der Waals surface area contributed by atoms with E-state index in [1.54, 1.807) is 0 Å². The Morgan fingerprint density at radius 1 is 0.846 bits per heavy atom. The maximum atomic E-state index is 6.02. The maximum Gasteiger partial charge on any atom is 0.220 e. The summed E-state index contributed by atoms with van der Waals surface area (Å²) in [5.41, 5.74) is 0.